The summed E-state index contributed by atoms with van der Waals surface area (Å²) in [6.07, 6.45) is 1.33. The third-order valence-corrected chi connectivity index (χ3v) is 6.68. The number of para-hydroxylation sites is 1. The van der Waals surface area contributed by atoms with Crippen LogP contribution in [0.1, 0.15) is 69.1 Å². The van der Waals surface area contributed by atoms with E-state index in [0.717, 1.165) is 40.4 Å². The Bertz CT molecular complexity index is 1110. The van der Waals surface area contributed by atoms with Crippen molar-refractivity contribution in [3.63, 3.8) is 0 Å². The monoisotopic (exact) mass is 503 g/mol. The molecule has 2 atom stereocenters. The van der Waals surface area contributed by atoms with Crippen molar-refractivity contribution in [3.05, 3.63) is 89.5 Å². The normalized spacial score (nSPS) is 12.8. The summed E-state index contributed by atoms with van der Waals surface area (Å²) in [6.45, 7) is 8.93. The van der Waals surface area contributed by atoms with Crippen LogP contribution in [0.2, 0.25) is 0 Å². The minimum Gasteiger partial charge on any atom is -0.497 e. The molecule has 0 spiro atoms. The van der Waals surface area contributed by atoms with Gasteiger partial charge in [-0.15, -0.1) is 0 Å². The fourth-order valence-corrected chi connectivity index (χ4v) is 4.72. The van der Waals surface area contributed by atoms with Gasteiger partial charge in [-0.2, -0.15) is 0 Å². The fourth-order valence-electron chi connectivity index (χ4n) is 4.72. The Morgan fingerprint density at radius 1 is 0.784 bits per heavy atom. The summed E-state index contributed by atoms with van der Waals surface area (Å²) in [5, 5.41) is 3.18. The van der Waals surface area contributed by atoms with E-state index in [4.69, 9.17) is 14.2 Å². The van der Waals surface area contributed by atoms with Gasteiger partial charge in [-0.25, -0.2) is 0 Å². The topological polar surface area (TPSA) is 56.8 Å². The van der Waals surface area contributed by atoms with E-state index in [2.05, 4.69) is 49.5 Å². The van der Waals surface area contributed by atoms with Crippen molar-refractivity contribution in [3.8, 4) is 17.2 Å². The number of nitrogens with one attached hydrogen (secondary N) is 1. The zero-order valence-corrected chi connectivity index (χ0v) is 23.0. The predicted molar refractivity (Wildman–Crippen MR) is 150 cm³/mol. The minimum atomic E-state index is 0.0639. The third-order valence-electron chi connectivity index (χ3n) is 6.68. The van der Waals surface area contributed by atoms with Crippen LogP contribution in [-0.4, -0.2) is 32.8 Å². The van der Waals surface area contributed by atoms with Gasteiger partial charge >= 0.3 is 0 Å². The first-order chi connectivity index (χ1) is 17.8. The number of ether oxygens (including phenoxy) is 3. The van der Waals surface area contributed by atoms with Crippen LogP contribution in [0, 0.1) is 5.92 Å². The molecule has 5 nitrogen and oxygen atoms in total. The van der Waals surface area contributed by atoms with Crippen LogP contribution in [-0.2, 0) is 4.79 Å². The summed E-state index contributed by atoms with van der Waals surface area (Å²) >= 11 is 0. The lowest BCUT2D eigenvalue weighted by Gasteiger charge is -2.23. The second kappa shape index (κ2) is 13.7. The van der Waals surface area contributed by atoms with Crippen molar-refractivity contribution in [2.75, 3.05) is 20.8 Å². The van der Waals surface area contributed by atoms with Crippen molar-refractivity contribution >= 4 is 5.91 Å². The number of hydrogen-bond donors (Lipinski definition) is 1. The molecular weight excluding hydrogens is 462 g/mol. The molecule has 0 aliphatic rings. The Morgan fingerprint density at radius 3 is 2.00 bits per heavy atom. The predicted octanol–water partition coefficient (Wildman–Crippen LogP) is 6.96. The molecule has 0 heterocycles. The molecule has 37 heavy (non-hydrogen) atoms. The van der Waals surface area contributed by atoms with E-state index in [0.29, 0.717) is 18.9 Å². The molecule has 0 aliphatic carbocycles. The number of methoxy groups -OCH3 is 2. The standard InChI is InChI=1S/C32H41NO4/c1-22(2)30(25-11-15-26(35-5)16-12-25)21-32(34)33-20-19-28(29-9-7-8-10-31(29)36-6)24-13-17-27(18-14-24)37-23(3)4/h7-18,22-23,28,30H,19-21H2,1-6H3,(H,33,34)/t28-,30-/m0/s1. The van der Waals surface area contributed by atoms with Gasteiger partial charge in [0.1, 0.15) is 17.2 Å². The number of benzene rings is 3. The third kappa shape index (κ3) is 8.01. The van der Waals surface area contributed by atoms with E-state index in [1.54, 1.807) is 14.2 Å². The molecule has 0 saturated heterocycles. The summed E-state index contributed by atoms with van der Waals surface area (Å²) in [5.74, 6) is 3.14. The highest BCUT2D eigenvalue weighted by molar-refractivity contribution is 5.77. The molecule has 5 heteroatoms. The van der Waals surface area contributed by atoms with Gasteiger partial charge in [0.25, 0.3) is 0 Å². The zero-order valence-electron chi connectivity index (χ0n) is 23.0. The Hall–Kier alpha value is -3.47. The molecule has 0 bridgehead atoms. The van der Waals surface area contributed by atoms with E-state index in [-0.39, 0.29) is 23.8 Å². The average Bonchev–Trinajstić information content (AvgIpc) is 2.90. The quantitative estimate of drug-likeness (QED) is 0.274. The lowest BCUT2D eigenvalue weighted by Crippen LogP contribution is -2.28. The van der Waals surface area contributed by atoms with Crippen molar-refractivity contribution in [2.24, 2.45) is 5.92 Å². The van der Waals surface area contributed by atoms with Crippen molar-refractivity contribution < 1.29 is 19.0 Å². The van der Waals surface area contributed by atoms with Crippen LogP contribution >= 0.6 is 0 Å². The summed E-state index contributed by atoms with van der Waals surface area (Å²) in [4.78, 5) is 13.0. The molecule has 0 aliphatic heterocycles. The van der Waals surface area contributed by atoms with Crippen LogP contribution in [0.5, 0.6) is 17.2 Å². The van der Waals surface area contributed by atoms with Crippen LogP contribution in [0.3, 0.4) is 0 Å². The largest absolute Gasteiger partial charge is 0.497 e. The van der Waals surface area contributed by atoms with Crippen molar-refractivity contribution in [2.45, 2.75) is 58.5 Å². The number of carbonyl (C=O) groups is 1. The number of rotatable bonds is 13. The van der Waals surface area contributed by atoms with Gasteiger partial charge in [0.15, 0.2) is 0 Å². The van der Waals surface area contributed by atoms with Gasteiger partial charge in [0.05, 0.1) is 20.3 Å². The first-order valence-corrected chi connectivity index (χ1v) is 13.1. The molecule has 198 valence electrons. The lowest BCUT2D eigenvalue weighted by atomic mass is 9.85. The van der Waals surface area contributed by atoms with Gasteiger partial charge in [-0.3, -0.25) is 4.79 Å². The number of hydrogen-bond acceptors (Lipinski definition) is 4. The molecule has 0 saturated carbocycles. The van der Waals surface area contributed by atoms with Gasteiger partial charge in [-0.1, -0.05) is 56.3 Å². The maximum atomic E-state index is 13.0. The molecule has 0 fully saturated rings. The molecule has 1 N–H and O–H groups in total. The molecule has 0 radical (unpaired) electrons. The number of amides is 1. The van der Waals surface area contributed by atoms with E-state index in [1.807, 2.05) is 56.3 Å². The SMILES string of the molecule is COc1ccc([C@@H](CC(=O)NCC[C@@H](c2ccc(OC(C)C)cc2)c2ccccc2OC)C(C)C)cc1. The minimum absolute atomic E-state index is 0.0639. The molecule has 0 unspecified atom stereocenters. The van der Waals surface area contributed by atoms with Crippen LogP contribution in [0.4, 0.5) is 0 Å². The van der Waals surface area contributed by atoms with Gasteiger partial charge in [0.2, 0.25) is 5.91 Å². The maximum absolute atomic E-state index is 13.0. The molecule has 3 aromatic rings. The van der Waals surface area contributed by atoms with E-state index in [1.165, 1.54) is 0 Å². The zero-order chi connectivity index (χ0) is 26.8. The summed E-state index contributed by atoms with van der Waals surface area (Å²) in [5.41, 5.74) is 3.42. The maximum Gasteiger partial charge on any atom is 0.220 e. The lowest BCUT2D eigenvalue weighted by molar-refractivity contribution is -0.121. The average molecular weight is 504 g/mol. The van der Waals surface area contributed by atoms with Crippen LogP contribution in [0.15, 0.2) is 72.8 Å². The van der Waals surface area contributed by atoms with E-state index >= 15 is 0 Å². The Morgan fingerprint density at radius 2 is 1.41 bits per heavy atom. The highest BCUT2D eigenvalue weighted by Crippen LogP contribution is 2.35. The fraction of sp³-hybridized carbons (Fsp3) is 0.406. The first kappa shape index (κ1) is 28.1. The highest BCUT2D eigenvalue weighted by Gasteiger charge is 2.22. The molecule has 1 amide bonds. The van der Waals surface area contributed by atoms with Gasteiger partial charge in [-0.05, 0) is 73.6 Å². The van der Waals surface area contributed by atoms with Gasteiger partial charge < -0.3 is 19.5 Å². The van der Waals surface area contributed by atoms with Crippen LogP contribution < -0.4 is 19.5 Å². The molecule has 3 aromatic carbocycles. The van der Waals surface area contributed by atoms with E-state index in [9.17, 15) is 4.79 Å². The first-order valence-electron chi connectivity index (χ1n) is 13.1. The highest BCUT2D eigenvalue weighted by atomic mass is 16.5. The summed E-state index contributed by atoms with van der Waals surface area (Å²) < 4.78 is 16.8. The van der Waals surface area contributed by atoms with Gasteiger partial charge in [0, 0.05) is 24.4 Å². The Kier molecular flexibility index (Phi) is 10.4. The second-order valence-electron chi connectivity index (χ2n) is 10.00. The van der Waals surface area contributed by atoms with Crippen LogP contribution in [0.25, 0.3) is 0 Å². The van der Waals surface area contributed by atoms with Crippen molar-refractivity contribution in [1.82, 2.24) is 5.32 Å². The van der Waals surface area contributed by atoms with E-state index < -0.39 is 0 Å². The second-order valence-corrected chi connectivity index (χ2v) is 10.00. The Labute approximate surface area is 222 Å². The molecule has 3 rings (SSSR count). The van der Waals surface area contributed by atoms with Crippen molar-refractivity contribution in [1.29, 1.82) is 0 Å². The molecule has 0 aromatic heterocycles. The smallest absolute Gasteiger partial charge is 0.220 e. The molecular formula is C32H41NO4. The summed E-state index contributed by atoms with van der Waals surface area (Å²) in [7, 11) is 3.36. The Balaban J connectivity index is 1.71. The number of carbonyl (C=O) groups excluding carboxylic acids is 1. The summed E-state index contributed by atoms with van der Waals surface area (Å²) in [6, 6.07) is 24.4.